The molecule has 0 bridgehead atoms. The smallest absolute Gasteiger partial charge is 0.231 e. The molecule has 2 aromatic rings. The van der Waals surface area contributed by atoms with Gasteiger partial charge in [0.05, 0.1) is 14.2 Å². The Balaban J connectivity index is 0.000000550. The molecule has 0 saturated heterocycles. The molecule has 4 nitrogen and oxygen atoms in total. The third-order valence-corrected chi connectivity index (χ3v) is 2.50. The molecule has 0 aliphatic heterocycles. The first-order valence-electron chi connectivity index (χ1n) is 5.58. The fraction of sp³-hybridized carbons (Fsp3) is 0.133. The van der Waals surface area contributed by atoms with E-state index in [0.717, 1.165) is 28.7 Å². The van der Waals surface area contributed by atoms with Crippen LogP contribution in [0, 0.1) is 5.41 Å². The van der Waals surface area contributed by atoms with Gasteiger partial charge < -0.3 is 9.47 Å². The molecule has 98 valence electrons. The van der Waals surface area contributed by atoms with Crippen molar-refractivity contribution in [1.29, 1.82) is 5.41 Å². The molecule has 0 saturated carbocycles. The standard InChI is InChI=1S/C14H14O2.CHNO/c1-15-13-9-5-3-7-11(13)12-8-4-6-10-14(12)16-2;2-1-3/h3-10H,1-2H3;2H. The Morgan fingerprint density at radius 3 is 1.47 bits per heavy atom. The Labute approximate surface area is 112 Å². The third-order valence-electron chi connectivity index (χ3n) is 2.50. The molecule has 0 heterocycles. The van der Waals surface area contributed by atoms with Crippen LogP contribution in [0.25, 0.3) is 11.1 Å². The molecule has 0 fully saturated rings. The minimum absolute atomic E-state index is 0.750. The van der Waals surface area contributed by atoms with Gasteiger partial charge in [-0.3, -0.25) is 0 Å². The Morgan fingerprint density at radius 2 is 1.16 bits per heavy atom. The summed E-state index contributed by atoms with van der Waals surface area (Å²) in [5.74, 6) is 1.71. The van der Waals surface area contributed by atoms with E-state index < -0.39 is 0 Å². The number of para-hydroxylation sites is 2. The quantitative estimate of drug-likeness (QED) is 0.678. The van der Waals surface area contributed by atoms with Gasteiger partial charge in [0.1, 0.15) is 11.5 Å². The zero-order valence-corrected chi connectivity index (χ0v) is 10.8. The lowest BCUT2D eigenvalue weighted by Gasteiger charge is -2.11. The SMILES string of the molecule is COc1ccccc1-c1ccccc1OC.N=C=O. The van der Waals surface area contributed by atoms with E-state index in [9.17, 15) is 0 Å². The summed E-state index contributed by atoms with van der Waals surface area (Å²) in [6, 6.07) is 15.8. The summed E-state index contributed by atoms with van der Waals surface area (Å²) < 4.78 is 10.7. The molecular weight excluding hydrogens is 242 g/mol. The molecule has 19 heavy (non-hydrogen) atoms. The van der Waals surface area contributed by atoms with E-state index in [4.69, 9.17) is 19.7 Å². The van der Waals surface area contributed by atoms with Crippen LogP contribution >= 0.6 is 0 Å². The molecule has 0 atom stereocenters. The Morgan fingerprint density at radius 1 is 0.842 bits per heavy atom. The molecule has 1 N–H and O–H groups in total. The van der Waals surface area contributed by atoms with Crippen LogP contribution < -0.4 is 9.47 Å². The highest BCUT2D eigenvalue weighted by Gasteiger charge is 2.08. The van der Waals surface area contributed by atoms with E-state index in [1.165, 1.54) is 0 Å². The topological polar surface area (TPSA) is 59.4 Å². The van der Waals surface area contributed by atoms with Gasteiger partial charge in [0.15, 0.2) is 0 Å². The molecule has 0 spiro atoms. The highest BCUT2D eigenvalue weighted by molar-refractivity contribution is 5.75. The molecule has 0 aliphatic carbocycles. The predicted octanol–water partition coefficient (Wildman–Crippen LogP) is 3.27. The number of benzene rings is 2. The number of hydrogen-bond donors (Lipinski definition) is 1. The van der Waals surface area contributed by atoms with Crippen LogP contribution in [0.1, 0.15) is 0 Å². The number of isocyanates is 1. The van der Waals surface area contributed by atoms with Crippen LogP contribution in [0.15, 0.2) is 48.5 Å². The molecule has 0 aromatic heterocycles. The van der Waals surface area contributed by atoms with Gasteiger partial charge in [0.25, 0.3) is 0 Å². The fourth-order valence-electron chi connectivity index (χ4n) is 1.73. The molecule has 0 aliphatic rings. The summed E-state index contributed by atoms with van der Waals surface area (Å²) in [6.07, 6.45) is 0.750. The van der Waals surface area contributed by atoms with Crippen molar-refractivity contribution < 1.29 is 14.3 Å². The van der Waals surface area contributed by atoms with Crippen molar-refractivity contribution in [2.24, 2.45) is 0 Å². The third kappa shape index (κ3) is 3.69. The molecule has 0 unspecified atom stereocenters. The maximum Gasteiger partial charge on any atom is 0.231 e. The number of ether oxygens (including phenoxy) is 2. The summed E-state index contributed by atoms with van der Waals surface area (Å²) in [5, 5.41) is 5.40. The number of carbonyl (C=O) groups excluding carboxylic acids is 1. The van der Waals surface area contributed by atoms with E-state index in [0.29, 0.717) is 0 Å². The van der Waals surface area contributed by atoms with E-state index in [-0.39, 0.29) is 0 Å². The van der Waals surface area contributed by atoms with Crippen molar-refractivity contribution in [1.82, 2.24) is 0 Å². The van der Waals surface area contributed by atoms with E-state index >= 15 is 0 Å². The van der Waals surface area contributed by atoms with Crippen molar-refractivity contribution in [2.45, 2.75) is 0 Å². The average molecular weight is 257 g/mol. The van der Waals surface area contributed by atoms with Gasteiger partial charge in [-0.15, -0.1) is 0 Å². The summed E-state index contributed by atoms with van der Waals surface area (Å²) in [4.78, 5) is 8.35. The van der Waals surface area contributed by atoms with Crippen molar-refractivity contribution in [3.05, 3.63) is 48.5 Å². The van der Waals surface area contributed by atoms with Gasteiger partial charge in [-0.2, -0.15) is 0 Å². The zero-order chi connectivity index (χ0) is 14.1. The first-order valence-corrected chi connectivity index (χ1v) is 5.58. The van der Waals surface area contributed by atoms with Crippen molar-refractivity contribution >= 4 is 6.08 Å². The van der Waals surface area contributed by atoms with E-state index in [1.54, 1.807) is 14.2 Å². The molecule has 4 heteroatoms. The lowest BCUT2D eigenvalue weighted by Crippen LogP contribution is -1.90. The van der Waals surface area contributed by atoms with Crippen molar-refractivity contribution in [3.8, 4) is 22.6 Å². The van der Waals surface area contributed by atoms with Gasteiger partial charge in [0, 0.05) is 11.1 Å². The van der Waals surface area contributed by atoms with Crippen LogP contribution in [-0.4, -0.2) is 20.3 Å². The summed E-state index contributed by atoms with van der Waals surface area (Å²) >= 11 is 0. The fourth-order valence-corrected chi connectivity index (χ4v) is 1.73. The lowest BCUT2D eigenvalue weighted by atomic mass is 10.0. The highest BCUT2D eigenvalue weighted by Crippen LogP contribution is 2.35. The monoisotopic (exact) mass is 257 g/mol. The molecule has 2 aromatic carbocycles. The largest absolute Gasteiger partial charge is 0.496 e. The second kappa shape index (κ2) is 7.69. The highest BCUT2D eigenvalue weighted by atomic mass is 16.5. The lowest BCUT2D eigenvalue weighted by molar-refractivity contribution is 0.410. The summed E-state index contributed by atoms with van der Waals surface area (Å²) in [5.41, 5.74) is 2.09. The predicted molar refractivity (Wildman–Crippen MR) is 73.4 cm³/mol. The maximum absolute atomic E-state index is 8.35. The minimum atomic E-state index is 0.750. The Bertz CT molecular complexity index is 515. The van der Waals surface area contributed by atoms with Gasteiger partial charge in [0.2, 0.25) is 6.08 Å². The van der Waals surface area contributed by atoms with Crippen LogP contribution in [0.5, 0.6) is 11.5 Å². The van der Waals surface area contributed by atoms with E-state index in [1.807, 2.05) is 48.5 Å². The van der Waals surface area contributed by atoms with Gasteiger partial charge >= 0.3 is 0 Å². The van der Waals surface area contributed by atoms with Crippen LogP contribution in [0.2, 0.25) is 0 Å². The molecule has 2 rings (SSSR count). The number of rotatable bonds is 3. The Hall–Kier alpha value is -2.58. The van der Waals surface area contributed by atoms with Gasteiger partial charge in [-0.05, 0) is 12.1 Å². The first-order chi connectivity index (χ1) is 9.28. The van der Waals surface area contributed by atoms with Crippen LogP contribution in [0.4, 0.5) is 0 Å². The number of nitrogens with one attached hydrogen (secondary N) is 1. The summed E-state index contributed by atoms with van der Waals surface area (Å²) in [7, 11) is 3.35. The second-order valence-corrected chi connectivity index (χ2v) is 3.50. The van der Waals surface area contributed by atoms with Crippen LogP contribution in [-0.2, 0) is 4.79 Å². The molecule has 0 radical (unpaired) electrons. The molecule has 0 amide bonds. The summed E-state index contributed by atoms with van der Waals surface area (Å²) in [6.45, 7) is 0. The molecular formula is C15H15NO3. The van der Waals surface area contributed by atoms with Gasteiger partial charge in [-0.25, -0.2) is 10.2 Å². The van der Waals surface area contributed by atoms with E-state index in [2.05, 4.69) is 0 Å². The zero-order valence-electron chi connectivity index (χ0n) is 10.8. The Kier molecular flexibility index (Phi) is 5.86. The maximum atomic E-state index is 8.35. The minimum Gasteiger partial charge on any atom is -0.496 e. The van der Waals surface area contributed by atoms with Gasteiger partial charge in [-0.1, -0.05) is 36.4 Å². The number of methoxy groups -OCH3 is 2. The first kappa shape index (κ1) is 14.5. The van der Waals surface area contributed by atoms with Crippen molar-refractivity contribution in [3.63, 3.8) is 0 Å². The van der Waals surface area contributed by atoms with Crippen molar-refractivity contribution in [2.75, 3.05) is 14.2 Å². The number of hydrogen-bond acceptors (Lipinski definition) is 4. The normalized spacial score (nSPS) is 8.74. The second-order valence-electron chi connectivity index (χ2n) is 3.50. The van der Waals surface area contributed by atoms with Crippen LogP contribution in [0.3, 0.4) is 0 Å². The average Bonchev–Trinajstić information content (AvgIpc) is 2.48.